The van der Waals surface area contributed by atoms with Gasteiger partial charge in [0.1, 0.15) is 0 Å². The zero-order valence-electron chi connectivity index (χ0n) is 15.2. The Morgan fingerprint density at radius 3 is 2.17 bits per heavy atom. The summed E-state index contributed by atoms with van der Waals surface area (Å²) in [6, 6.07) is 11.7. The molecule has 0 unspecified atom stereocenters. The maximum Gasteiger partial charge on any atom is 0.185 e. The van der Waals surface area contributed by atoms with Crippen LogP contribution < -0.4 is 4.90 Å². The molecular formula is C20H17Cl3N2O2S2. The molecule has 29 heavy (non-hydrogen) atoms. The predicted octanol–water partition coefficient (Wildman–Crippen LogP) is 6.21. The number of hydrogen-bond acceptors (Lipinski definition) is 5. The van der Waals surface area contributed by atoms with Crippen molar-refractivity contribution < 1.29 is 8.42 Å². The molecule has 1 saturated heterocycles. The van der Waals surface area contributed by atoms with E-state index < -0.39 is 15.1 Å². The Bertz CT molecular complexity index is 1100. The summed E-state index contributed by atoms with van der Waals surface area (Å²) in [6.07, 6.45) is 1.12. The van der Waals surface area contributed by atoms with Gasteiger partial charge in [-0.2, -0.15) is 0 Å². The van der Waals surface area contributed by atoms with Gasteiger partial charge in [-0.05, 0) is 55.3 Å². The molecule has 1 aliphatic rings. The van der Waals surface area contributed by atoms with Gasteiger partial charge in [-0.15, -0.1) is 11.3 Å². The lowest BCUT2D eigenvalue weighted by Gasteiger charge is -2.31. The molecule has 0 bridgehead atoms. The highest BCUT2D eigenvalue weighted by atomic mass is 35.5. The van der Waals surface area contributed by atoms with Crippen LogP contribution in [0, 0.1) is 0 Å². The standard InChI is InChI=1S/C20H17Cl3N2O2S2/c21-14-1-3-17(4-2-14)29(26,27)18-5-7-25(8-6-18)20-24-19(12-28-20)13-9-15(22)11-16(23)10-13/h1-4,9-12,18H,5-8H2. The van der Waals surface area contributed by atoms with E-state index in [1.54, 1.807) is 30.3 Å². The van der Waals surface area contributed by atoms with Crippen LogP contribution >= 0.6 is 46.1 Å². The third-order valence-electron chi connectivity index (χ3n) is 4.94. The Morgan fingerprint density at radius 2 is 1.55 bits per heavy atom. The first-order valence-electron chi connectivity index (χ1n) is 8.99. The molecule has 0 radical (unpaired) electrons. The molecule has 0 atom stereocenters. The van der Waals surface area contributed by atoms with Crippen molar-refractivity contribution in [1.82, 2.24) is 4.98 Å². The molecule has 4 nitrogen and oxygen atoms in total. The monoisotopic (exact) mass is 486 g/mol. The van der Waals surface area contributed by atoms with Crippen LogP contribution in [0.5, 0.6) is 0 Å². The fourth-order valence-electron chi connectivity index (χ4n) is 3.42. The van der Waals surface area contributed by atoms with E-state index in [0.29, 0.717) is 45.9 Å². The second-order valence-corrected chi connectivity index (χ2v) is 11.2. The van der Waals surface area contributed by atoms with Gasteiger partial charge < -0.3 is 4.90 Å². The van der Waals surface area contributed by atoms with Crippen molar-refractivity contribution in [3.63, 3.8) is 0 Å². The molecule has 0 N–H and O–H groups in total. The number of thiazole rings is 1. The number of halogens is 3. The Labute approximate surface area is 189 Å². The van der Waals surface area contributed by atoms with Crippen molar-refractivity contribution in [2.45, 2.75) is 23.0 Å². The summed E-state index contributed by atoms with van der Waals surface area (Å²) >= 11 is 19.6. The van der Waals surface area contributed by atoms with Crippen LogP contribution in [0.15, 0.2) is 52.7 Å². The molecule has 4 rings (SSSR count). The smallest absolute Gasteiger partial charge is 0.185 e. The largest absolute Gasteiger partial charge is 0.348 e. The van der Waals surface area contributed by atoms with Gasteiger partial charge in [0.05, 0.1) is 15.8 Å². The van der Waals surface area contributed by atoms with Crippen LogP contribution in [0.2, 0.25) is 15.1 Å². The van der Waals surface area contributed by atoms with E-state index in [2.05, 4.69) is 4.90 Å². The molecule has 1 aromatic heterocycles. The van der Waals surface area contributed by atoms with Gasteiger partial charge >= 0.3 is 0 Å². The minimum absolute atomic E-state index is 0.328. The SMILES string of the molecule is O=S(=O)(c1ccc(Cl)cc1)C1CCN(c2nc(-c3cc(Cl)cc(Cl)c3)cs2)CC1. The highest BCUT2D eigenvalue weighted by Crippen LogP contribution is 2.33. The van der Waals surface area contributed by atoms with Crippen LogP contribution in [0.1, 0.15) is 12.8 Å². The normalized spacial score (nSPS) is 15.6. The van der Waals surface area contributed by atoms with Gasteiger partial charge in [-0.25, -0.2) is 13.4 Å². The third kappa shape index (κ3) is 4.57. The quantitative estimate of drug-likeness (QED) is 0.439. The predicted molar refractivity (Wildman–Crippen MR) is 121 cm³/mol. The topological polar surface area (TPSA) is 50.3 Å². The summed E-state index contributed by atoms with van der Waals surface area (Å²) in [4.78, 5) is 7.17. The van der Waals surface area contributed by atoms with Crippen LogP contribution in [-0.2, 0) is 9.84 Å². The summed E-state index contributed by atoms with van der Waals surface area (Å²) < 4.78 is 25.8. The summed E-state index contributed by atoms with van der Waals surface area (Å²) in [5, 5.41) is 4.10. The minimum atomic E-state index is -3.36. The second kappa shape index (κ2) is 8.44. The van der Waals surface area contributed by atoms with Crippen molar-refractivity contribution in [3.05, 3.63) is 62.9 Å². The van der Waals surface area contributed by atoms with Gasteiger partial charge in [0.2, 0.25) is 0 Å². The number of hydrogen-bond donors (Lipinski definition) is 0. The van der Waals surface area contributed by atoms with Gasteiger partial charge in [0.15, 0.2) is 15.0 Å². The molecule has 0 saturated carbocycles. The van der Waals surface area contributed by atoms with E-state index in [4.69, 9.17) is 39.8 Å². The number of nitrogens with zero attached hydrogens (tertiary/aromatic N) is 2. The number of sulfone groups is 1. The molecule has 9 heteroatoms. The fourth-order valence-corrected chi connectivity index (χ4v) is 6.69. The highest BCUT2D eigenvalue weighted by molar-refractivity contribution is 7.92. The lowest BCUT2D eigenvalue weighted by Crippen LogP contribution is -2.39. The third-order valence-corrected chi connectivity index (χ3v) is 8.81. The summed E-state index contributed by atoms with van der Waals surface area (Å²) in [6.45, 7) is 1.28. The molecule has 1 fully saturated rings. The Morgan fingerprint density at radius 1 is 0.931 bits per heavy atom. The Hall–Kier alpha value is -1.31. The van der Waals surface area contributed by atoms with Crippen molar-refractivity contribution in [3.8, 4) is 11.3 Å². The fraction of sp³-hybridized carbons (Fsp3) is 0.250. The zero-order chi connectivity index (χ0) is 20.6. The van der Waals surface area contributed by atoms with E-state index in [1.165, 1.54) is 11.3 Å². The first-order valence-corrected chi connectivity index (χ1v) is 12.6. The molecular weight excluding hydrogens is 471 g/mol. The van der Waals surface area contributed by atoms with Crippen molar-refractivity contribution >= 4 is 61.1 Å². The van der Waals surface area contributed by atoms with Crippen molar-refractivity contribution in [2.75, 3.05) is 18.0 Å². The first-order chi connectivity index (χ1) is 13.8. The lowest BCUT2D eigenvalue weighted by atomic mass is 10.1. The van der Waals surface area contributed by atoms with E-state index in [9.17, 15) is 8.42 Å². The van der Waals surface area contributed by atoms with Gasteiger partial charge in [-0.1, -0.05) is 34.8 Å². The van der Waals surface area contributed by atoms with Crippen LogP contribution in [-0.4, -0.2) is 31.7 Å². The molecule has 0 spiro atoms. The lowest BCUT2D eigenvalue weighted by molar-refractivity contribution is 0.529. The average molecular weight is 488 g/mol. The molecule has 2 aromatic carbocycles. The maximum atomic E-state index is 12.9. The molecule has 2 heterocycles. The number of benzene rings is 2. The van der Waals surface area contributed by atoms with Crippen LogP contribution in [0.25, 0.3) is 11.3 Å². The number of aromatic nitrogens is 1. The van der Waals surface area contributed by atoms with E-state index in [-0.39, 0.29) is 0 Å². The summed E-state index contributed by atoms with van der Waals surface area (Å²) in [7, 11) is -3.36. The van der Waals surface area contributed by atoms with Crippen molar-refractivity contribution in [1.29, 1.82) is 0 Å². The van der Waals surface area contributed by atoms with Crippen LogP contribution in [0.3, 0.4) is 0 Å². The van der Waals surface area contributed by atoms with E-state index >= 15 is 0 Å². The number of anilines is 1. The highest BCUT2D eigenvalue weighted by Gasteiger charge is 2.32. The Kier molecular flexibility index (Phi) is 6.09. The van der Waals surface area contributed by atoms with E-state index in [1.807, 2.05) is 17.5 Å². The first kappa shape index (κ1) is 20.9. The molecule has 3 aromatic rings. The van der Waals surface area contributed by atoms with E-state index in [0.717, 1.165) is 16.4 Å². The Balaban J connectivity index is 1.46. The minimum Gasteiger partial charge on any atom is -0.348 e. The molecule has 1 aliphatic heterocycles. The number of rotatable bonds is 4. The molecule has 0 amide bonds. The van der Waals surface area contributed by atoms with Gasteiger partial charge in [0.25, 0.3) is 0 Å². The van der Waals surface area contributed by atoms with Crippen molar-refractivity contribution in [2.24, 2.45) is 0 Å². The number of piperidine rings is 1. The van der Waals surface area contributed by atoms with Gasteiger partial charge in [-0.3, -0.25) is 0 Å². The van der Waals surface area contributed by atoms with Crippen LogP contribution in [0.4, 0.5) is 5.13 Å². The average Bonchev–Trinajstić information content (AvgIpc) is 3.18. The zero-order valence-corrected chi connectivity index (χ0v) is 19.1. The molecule has 0 aliphatic carbocycles. The van der Waals surface area contributed by atoms with Gasteiger partial charge in [0, 0.05) is 39.1 Å². The summed E-state index contributed by atoms with van der Waals surface area (Å²) in [5.74, 6) is 0. The summed E-state index contributed by atoms with van der Waals surface area (Å²) in [5.41, 5.74) is 1.68. The molecule has 152 valence electrons. The maximum absolute atomic E-state index is 12.9. The second-order valence-electron chi connectivity index (χ2n) is 6.86.